The lowest BCUT2D eigenvalue weighted by Crippen LogP contribution is -1.96. The third kappa shape index (κ3) is 1.22. The van der Waals surface area contributed by atoms with Gasteiger partial charge in [-0.2, -0.15) is 0 Å². The molecule has 1 aromatic heterocycles. The van der Waals surface area contributed by atoms with Crippen molar-refractivity contribution in [3.63, 3.8) is 0 Å². The first kappa shape index (κ1) is 9.45. The fourth-order valence-corrected chi connectivity index (χ4v) is 1.60. The Morgan fingerprint density at radius 1 is 1.53 bits per heavy atom. The number of benzene rings is 1. The zero-order valence-electron chi connectivity index (χ0n) is 8.39. The largest absolute Gasteiger partial charge is 0.369 e. The Bertz CT molecular complexity index is 559. The number of nitro groups is 1. The van der Waals surface area contributed by atoms with Crippen LogP contribution in [0.1, 0.15) is 5.56 Å². The normalized spacial score (nSPS) is 10.8. The van der Waals surface area contributed by atoms with Crippen molar-refractivity contribution in [3.8, 4) is 0 Å². The molecule has 2 aromatic rings. The van der Waals surface area contributed by atoms with E-state index in [9.17, 15) is 10.1 Å². The van der Waals surface area contributed by atoms with Crippen LogP contribution in [0.15, 0.2) is 12.1 Å². The molecule has 0 saturated carbocycles. The van der Waals surface area contributed by atoms with Crippen molar-refractivity contribution in [1.82, 2.24) is 9.55 Å². The minimum atomic E-state index is -0.417. The van der Waals surface area contributed by atoms with Gasteiger partial charge in [-0.3, -0.25) is 10.1 Å². The summed E-state index contributed by atoms with van der Waals surface area (Å²) >= 11 is 0. The van der Waals surface area contributed by atoms with Gasteiger partial charge in [-0.1, -0.05) is 0 Å². The van der Waals surface area contributed by atoms with Crippen LogP contribution in [0.25, 0.3) is 11.0 Å². The van der Waals surface area contributed by atoms with Crippen molar-refractivity contribution < 1.29 is 4.92 Å². The molecule has 6 nitrogen and oxygen atoms in total. The summed E-state index contributed by atoms with van der Waals surface area (Å²) in [6.45, 7) is 1.67. The number of nitrogen functional groups attached to an aromatic ring is 1. The van der Waals surface area contributed by atoms with Crippen LogP contribution in [-0.4, -0.2) is 14.5 Å². The van der Waals surface area contributed by atoms with Crippen molar-refractivity contribution >= 4 is 22.7 Å². The summed E-state index contributed by atoms with van der Waals surface area (Å²) < 4.78 is 1.70. The highest BCUT2D eigenvalue weighted by Crippen LogP contribution is 2.27. The van der Waals surface area contributed by atoms with Crippen LogP contribution in [0.2, 0.25) is 0 Å². The fraction of sp³-hybridized carbons (Fsp3) is 0.222. The molecule has 0 fully saturated rings. The SMILES string of the molecule is Cc1c([N+](=O)[O-])ccc2c1nc(N)n2C. The molecule has 0 aliphatic heterocycles. The molecule has 1 aromatic carbocycles. The van der Waals surface area contributed by atoms with E-state index in [1.54, 1.807) is 24.6 Å². The van der Waals surface area contributed by atoms with E-state index >= 15 is 0 Å². The third-order valence-electron chi connectivity index (χ3n) is 2.51. The molecule has 6 heteroatoms. The number of imidazole rings is 1. The molecule has 0 atom stereocenters. The van der Waals surface area contributed by atoms with Gasteiger partial charge in [-0.25, -0.2) is 4.98 Å². The molecule has 1 heterocycles. The van der Waals surface area contributed by atoms with E-state index in [4.69, 9.17) is 5.73 Å². The Morgan fingerprint density at radius 3 is 2.80 bits per heavy atom. The van der Waals surface area contributed by atoms with Crippen LogP contribution in [0, 0.1) is 17.0 Å². The average Bonchev–Trinajstić information content (AvgIpc) is 2.45. The zero-order chi connectivity index (χ0) is 11.2. The molecule has 0 amide bonds. The minimum Gasteiger partial charge on any atom is -0.369 e. The topological polar surface area (TPSA) is 87.0 Å². The van der Waals surface area contributed by atoms with E-state index in [1.807, 2.05) is 0 Å². The van der Waals surface area contributed by atoms with E-state index in [0.29, 0.717) is 17.0 Å². The Labute approximate surface area is 85.5 Å². The maximum Gasteiger partial charge on any atom is 0.274 e. The molecule has 0 bridgehead atoms. The van der Waals surface area contributed by atoms with Crippen molar-refractivity contribution in [2.45, 2.75) is 6.92 Å². The van der Waals surface area contributed by atoms with Crippen LogP contribution in [0.3, 0.4) is 0 Å². The van der Waals surface area contributed by atoms with Gasteiger partial charge in [-0.05, 0) is 13.0 Å². The van der Waals surface area contributed by atoms with Crippen LogP contribution in [0.5, 0.6) is 0 Å². The molecule has 0 saturated heterocycles. The van der Waals surface area contributed by atoms with E-state index in [2.05, 4.69) is 4.98 Å². The standard InChI is InChI=1S/C9H10N4O2/c1-5-6(13(14)15)3-4-7-8(5)11-9(10)12(7)2/h3-4H,1-2H3,(H2,10,11). The number of nitrogens with zero attached hydrogens (tertiary/aromatic N) is 3. The summed E-state index contributed by atoms with van der Waals surface area (Å²) in [5.74, 6) is 0.355. The number of aromatic nitrogens is 2. The van der Waals surface area contributed by atoms with E-state index < -0.39 is 4.92 Å². The van der Waals surface area contributed by atoms with Gasteiger partial charge in [0.2, 0.25) is 5.95 Å². The summed E-state index contributed by atoms with van der Waals surface area (Å²) in [5, 5.41) is 10.7. The lowest BCUT2D eigenvalue weighted by molar-refractivity contribution is -0.385. The van der Waals surface area contributed by atoms with E-state index in [-0.39, 0.29) is 5.69 Å². The lowest BCUT2D eigenvalue weighted by atomic mass is 10.1. The second kappa shape index (κ2) is 2.94. The van der Waals surface area contributed by atoms with Crippen molar-refractivity contribution in [3.05, 3.63) is 27.8 Å². The third-order valence-corrected chi connectivity index (χ3v) is 2.51. The molecular weight excluding hydrogens is 196 g/mol. The summed E-state index contributed by atoms with van der Waals surface area (Å²) in [4.78, 5) is 14.4. The molecular formula is C9H10N4O2. The van der Waals surface area contributed by atoms with Gasteiger partial charge in [-0.15, -0.1) is 0 Å². The summed E-state index contributed by atoms with van der Waals surface area (Å²) in [6, 6.07) is 3.13. The second-order valence-electron chi connectivity index (χ2n) is 3.36. The number of hydrogen-bond donors (Lipinski definition) is 1. The van der Waals surface area contributed by atoms with Gasteiger partial charge in [0.25, 0.3) is 5.69 Å². The predicted octanol–water partition coefficient (Wildman–Crippen LogP) is 1.37. The monoisotopic (exact) mass is 206 g/mol. The van der Waals surface area contributed by atoms with E-state index in [0.717, 1.165) is 5.52 Å². The van der Waals surface area contributed by atoms with Gasteiger partial charge in [0.1, 0.15) is 5.52 Å². The van der Waals surface area contributed by atoms with Gasteiger partial charge < -0.3 is 10.3 Å². The smallest absolute Gasteiger partial charge is 0.274 e. The molecule has 2 rings (SSSR count). The molecule has 15 heavy (non-hydrogen) atoms. The Morgan fingerprint density at radius 2 is 2.20 bits per heavy atom. The highest BCUT2D eigenvalue weighted by molar-refractivity contribution is 5.84. The average molecular weight is 206 g/mol. The number of aryl methyl sites for hydroxylation is 2. The van der Waals surface area contributed by atoms with E-state index in [1.165, 1.54) is 6.07 Å². The Balaban J connectivity index is 2.85. The first-order chi connectivity index (χ1) is 7.02. The van der Waals surface area contributed by atoms with Gasteiger partial charge >= 0.3 is 0 Å². The molecule has 2 N–H and O–H groups in total. The summed E-state index contributed by atoms with van der Waals surface area (Å²) in [6.07, 6.45) is 0. The molecule has 0 aliphatic rings. The van der Waals surface area contributed by atoms with Crippen LogP contribution in [-0.2, 0) is 7.05 Å². The van der Waals surface area contributed by atoms with Gasteiger partial charge in [0.15, 0.2) is 0 Å². The first-order valence-corrected chi connectivity index (χ1v) is 4.38. The summed E-state index contributed by atoms with van der Waals surface area (Å²) in [5.41, 5.74) is 7.63. The number of hydrogen-bond acceptors (Lipinski definition) is 4. The lowest BCUT2D eigenvalue weighted by Gasteiger charge is -1.98. The molecule has 0 spiro atoms. The maximum atomic E-state index is 10.7. The Hall–Kier alpha value is -2.11. The van der Waals surface area contributed by atoms with Gasteiger partial charge in [0.05, 0.1) is 16.0 Å². The number of fused-ring (bicyclic) bond motifs is 1. The quantitative estimate of drug-likeness (QED) is 0.563. The highest BCUT2D eigenvalue weighted by atomic mass is 16.6. The number of anilines is 1. The molecule has 0 unspecified atom stereocenters. The first-order valence-electron chi connectivity index (χ1n) is 4.38. The van der Waals surface area contributed by atoms with Crippen LogP contribution >= 0.6 is 0 Å². The Kier molecular flexibility index (Phi) is 1.85. The number of nitrogens with two attached hydrogens (primary N) is 1. The van der Waals surface area contributed by atoms with Crippen LogP contribution in [0.4, 0.5) is 11.6 Å². The zero-order valence-corrected chi connectivity index (χ0v) is 8.39. The molecule has 78 valence electrons. The predicted molar refractivity (Wildman–Crippen MR) is 56.5 cm³/mol. The molecule has 0 aliphatic carbocycles. The van der Waals surface area contributed by atoms with Crippen LogP contribution < -0.4 is 5.73 Å². The van der Waals surface area contributed by atoms with Gasteiger partial charge in [0, 0.05) is 13.1 Å². The summed E-state index contributed by atoms with van der Waals surface area (Å²) in [7, 11) is 1.77. The highest BCUT2D eigenvalue weighted by Gasteiger charge is 2.16. The maximum absolute atomic E-state index is 10.7. The second-order valence-corrected chi connectivity index (χ2v) is 3.36. The number of rotatable bonds is 1. The minimum absolute atomic E-state index is 0.0700. The van der Waals surface area contributed by atoms with Crippen molar-refractivity contribution in [2.24, 2.45) is 7.05 Å². The number of nitro benzene ring substituents is 1. The molecule has 0 radical (unpaired) electrons. The van der Waals surface area contributed by atoms with Crippen molar-refractivity contribution in [1.29, 1.82) is 0 Å². The fourth-order valence-electron chi connectivity index (χ4n) is 1.60. The van der Waals surface area contributed by atoms with Crippen molar-refractivity contribution in [2.75, 3.05) is 5.73 Å².